The van der Waals surface area contributed by atoms with E-state index in [9.17, 15) is 22.8 Å². The van der Waals surface area contributed by atoms with Gasteiger partial charge in [-0.1, -0.05) is 5.21 Å². The summed E-state index contributed by atoms with van der Waals surface area (Å²) in [5, 5.41) is 8.75. The van der Waals surface area contributed by atoms with E-state index in [1.807, 2.05) is 0 Å². The molecule has 1 aliphatic heterocycles. The highest BCUT2D eigenvalue weighted by Crippen LogP contribution is 2.35. The third-order valence-corrected chi connectivity index (χ3v) is 4.95. The maximum Gasteiger partial charge on any atom is 0.434 e. The Bertz CT molecular complexity index is 818. The molecule has 3 rings (SSSR count). The van der Waals surface area contributed by atoms with Crippen LogP contribution < -0.4 is 5.73 Å². The number of aromatic nitrogens is 4. The van der Waals surface area contributed by atoms with Crippen LogP contribution in [0.15, 0.2) is 11.6 Å². The fourth-order valence-corrected chi connectivity index (χ4v) is 3.72. The molecule has 1 unspecified atom stereocenters. The molecule has 2 N–H and O–H groups in total. The zero-order chi connectivity index (χ0) is 18.9. The molecular weight excluding hydrogens is 373 g/mol. The Morgan fingerprint density at radius 2 is 2.15 bits per heavy atom. The van der Waals surface area contributed by atoms with Crippen LogP contribution in [0, 0.1) is 0 Å². The third kappa shape index (κ3) is 4.00. The molecule has 0 radical (unpaired) electrons. The number of hydrogen-bond acceptors (Lipinski definition) is 6. The number of nitrogens with two attached hydrogens (primary N) is 1. The number of primary amides is 1. The van der Waals surface area contributed by atoms with Gasteiger partial charge >= 0.3 is 6.18 Å². The molecule has 2 aromatic rings. The van der Waals surface area contributed by atoms with Crippen LogP contribution in [0.1, 0.15) is 39.9 Å². The van der Waals surface area contributed by atoms with E-state index in [0.717, 1.165) is 21.4 Å². The minimum Gasteiger partial charge on any atom is -0.368 e. The average Bonchev–Trinajstić information content (AvgIpc) is 3.22. The lowest BCUT2D eigenvalue weighted by atomic mass is 9.98. The van der Waals surface area contributed by atoms with E-state index >= 15 is 0 Å². The number of rotatable bonds is 4. The first kappa shape index (κ1) is 18.3. The van der Waals surface area contributed by atoms with E-state index in [-0.39, 0.29) is 24.7 Å². The first-order chi connectivity index (χ1) is 12.2. The van der Waals surface area contributed by atoms with Crippen LogP contribution in [0.4, 0.5) is 13.2 Å². The first-order valence-electron chi connectivity index (χ1n) is 7.74. The van der Waals surface area contributed by atoms with Crippen molar-refractivity contribution in [1.82, 2.24) is 24.9 Å². The van der Waals surface area contributed by atoms with E-state index in [2.05, 4.69) is 15.3 Å². The molecular formula is C14H15F3N6O2S. The van der Waals surface area contributed by atoms with Crippen LogP contribution in [-0.4, -0.2) is 49.8 Å². The molecule has 1 aliphatic rings. The predicted octanol–water partition coefficient (Wildman–Crippen LogP) is 1.26. The van der Waals surface area contributed by atoms with Gasteiger partial charge in [-0.3, -0.25) is 9.59 Å². The second-order valence-electron chi connectivity index (χ2n) is 5.93. The monoisotopic (exact) mass is 388 g/mol. The molecule has 1 saturated heterocycles. The Labute approximate surface area is 149 Å². The Morgan fingerprint density at radius 3 is 2.81 bits per heavy atom. The zero-order valence-corrected chi connectivity index (χ0v) is 14.3. The molecule has 8 nitrogen and oxygen atoms in total. The fraction of sp³-hybridized carbons (Fsp3) is 0.500. The van der Waals surface area contributed by atoms with Gasteiger partial charge in [0.05, 0.1) is 11.2 Å². The Morgan fingerprint density at radius 1 is 1.38 bits per heavy atom. The number of likely N-dealkylation sites (tertiary alicyclic amines) is 1. The van der Waals surface area contributed by atoms with Crippen molar-refractivity contribution in [2.24, 2.45) is 5.73 Å². The summed E-state index contributed by atoms with van der Waals surface area (Å²) in [6.45, 7) is 0.532. The van der Waals surface area contributed by atoms with Gasteiger partial charge in [-0.2, -0.15) is 13.2 Å². The van der Waals surface area contributed by atoms with Crippen LogP contribution in [0.3, 0.4) is 0 Å². The topological polar surface area (TPSA) is 107 Å². The molecule has 140 valence electrons. The van der Waals surface area contributed by atoms with Gasteiger partial charge in [0.15, 0.2) is 11.4 Å². The highest BCUT2D eigenvalue weighted by molar-refractivity contribution is 7.09. The molecule has 2 amide bonds. The zero-order valence-electron chi connectivity index (χ0n) is 13.4. The van der Waals surface area contributed by atoms with Crippen molar-refractivity contribution >= 4 is 23.2 Å². The van der Waals surface area contributed by atoms with Crippen molar-refractivity contribution in [3.05, 3.63) is 28.0 Å². The highest BCUT2D eigenvalue weighted by atomic mass is 32.1. The summed E-state index contributed by atoms with van der Waals surface area (Å²) >= 11 is 0.951. The van der Waals surface area contributed by atoms with Gasteiger partial charge in [0.1, 0.15) is 6.54 Å². The molecule has 0 bridgehead atoms. The summed E-state index contributed by atoms with van der Waals surface area (Å²) < 4.78 is 39.3. The number of piperidine rings is 1. The predicted molar refractivity (Wildman–Crippen MR) is 84.2 cm³/mol. The molecule has 0 spiro atoms. The standard InChI is InChI=1S/C14H15F3N6O2S/c15-14(16,17)10-7-26-12(19-10)8-2-1-3-22(4-8)13(25)9-5-23(21-20-9)6-11(18)24/h5,7-8H,1-4,6H2,(H2,18,24). The molecule has 0 saturated carbocycles. The summed E-state index contributed by atoms with van der Waals surface area (Å²) in [4.78, 5) is 28.6. The van der Waals surface area contributed by atoms with Crippen molar-refractivity contribution in [2.75, 3.05) is 13.1 Å². The number of carbonyl (C=O) groups excluding carboxylic acids is 2. The molecule has 26 heavy (non-hydrogen) atoms. The van der Waals surface area contributed by atoms with Crippen molar-refractivity contribution in [3.8, 4) is 0 Å². The van der Waals surface area contributed by atoms with E-state index in [0.29, 0.717) is 24.4 Å². The Kier molecular flexibility index (Phi) is 4.94. The molecule has 1 atom stereocenters. The molecule has 1 fully saturated rings. The summed E-state index contributed by atoms with van der Waals surface area (Å²) in [6, 6.07) is 0. The maximum absolute atomic E-state index is 12.7. The Hall–Kier alpha value is -2.50. The lowest BCUT2D eigenvalue weighted by Crippen LogP contribution is -2.39. The number of hydrogen-bond donors (Lipinski definition) is 1. The van der Waals surface area contributed by atoms with Crippen LogP contribution in [-0.2, 0) is 17.5 Å². The van der Waals surface area contributed by atoms with Gasteiger partial charge in [0.2, 0.25) is 5.91 Å². The molecule has 0 aromatic carbocycles. The average molecular weight is 388 g/mol. The van der Waals surface area contributed by atoms with Gasteiger partial charge in [-0.05, 0) is 12.8 Å². The maximum atomic E-state index is 12.7. The minimum absolute atomic E-state index is 0.0574. The lowest BCUT2D eigenvalue weighted by Gasteiger charge is -2.31. The third-order valence-electron chi connectivity index (χ3n) is 3.95. The first-order valence-corrected chi connectivity index (χ1v) is 8.62. The van der Waals surface area contributed by atoms with E-state index < -0.39 is 23.7 Å². The van der Waals surface area contributed by atoms with Crippen molar-refractivity contribution in [2.45, 2.75) is 31.5 Å². The molecule has 3 heterocycles. The van der Waals surface area contributed by atoms with Crippen LogP contribution in [0.5, 0.6) is 0 Å². The molecule has 0 aliphatic carbocycles. The van der Waals surface area contributed by atoms with Crippen molar-refractivity contribution in [1.29, 1.82) is 0 Å². The summed E-state index contributed by atoms with van der Waals surface area (Å²) in [7, 11) is 0. The molecule has 2 aromatic heterocycles. The number of nitrogens with zero attached hydrogens (tertiary/aromatic N) is 5. The van der Waals surface area contributed by atoms with E-state index in [4.69, 9.17) is 5.73 Å². The van der Waals surface area contributed by atoms with Crippen molar-refractivity contribution < 1.29 is 22.8 Å². The SMILES string of the molecule is NC(=O)Cn1cc(C(=O)N2CCCC(c3nc(C(F)(F)F)cs3)C2)nn1. The van der Waals surface area contributed by atoms with Gasteiger partial charge in [0, 0.05) is 24.4 Å². The Balaban J connectivity index is 1.70. The number of carbonyl (C=O) groups is 2. The summed E-state index contributed by atoms with van der Waals surface area (Å²) in [5.41, 5.74) is 4.21. The minimum atomic E-state index is -4.47. The number of thiazole rings is 1. The lowest BCUT2D eigenvalue weighted by molar-refractivity contribution is -0.140. The number of amides is 2. The largest absolute Gasteiger partial charge is 0.434 e. The normalized spacial score (nSPS) is 18.1. The van der Waals surface area contributed by atoms with Gasteiger partial charge in [-0.15, -0.1) is 16.4 Å². The summed E-state index contributed by atoms with van der Waals surface area (Å²) in [6.07, 6.45) is -1.85. The van der Waals surface area contributed by atoms with Crippen LogP contribution in [0.2, 0.25) is 0 Å². The fourth-order valence-electron chi connectivity index (χ4n) is 2.76. The van der Waals surface area contributed by atoms with Gasteiger partial charge in [-0.25, -0.2) is 9.67 Å². The number of alkyl halides is 3. The van der Waals surface area contributed by atoms with Crippen LogP contribution in [0.25, 0.3) is 0 Å². The van der Waals surface area contributed by atoms with E-state index in [1.54, 1.807) is 0 Å². The quantitative estimate of drug-likeness (QED) is 0.849. The summed E-state index contributed by atoms with van der Waals surface area (Å²) in [5.74, 6) is -1.26. The van der Waals surface area contributed by atoms with Crippen molar-refractivity contribution in [3.63, 3.8) is 0 Å². The number of halogens is 3. The van der Waals surface area contributed by atoms with Gasteiger partial charge < -0.3 is 10.6 Å². The molecule has 12 heteroatoms. The highest BCUT2D eigenvalue weighted by Gasteiger charge is 2.35. The van der Waals surface area contributed by atoms with Gasteiger partial charge in [0.25, 0.3) is 5.91 Å². The second kappa shape index (κ2) is 7.02. The van der Waals surface area contributed by atoms with E-state index in [1.165, 1.54) is 11.1 Å². The smallest absolute Gasteiger partial charge is 0.368 e. The van der Waals surface area contributed by atoms with Crippen LogP contribution >= 0.6 is 11.3 Å². The second-order valence-corrected chi connectivity index (χ2v) is 6.82.